The molecule has 11 aromatic rings. The van der Waals surface area contributed by atoms with Crippen molar-refractivity contribution < 1.29 is 0 Å². The minimum atomic E-state index is 1.21. The van der Waals surface area contributed by atoms with Gasteiger partial charge in [0.15, 0.2) is 0 Å². The van der Waals surface area contributed by atoms with Crippen molar-refractivity contribution in [1.29, 1.82) is 0 Å². The normalized spacial score (nSPS) is 11.6. The van der Waals surface area contributed by atoms with E-state index in [9.17, 15) is 0 Å². The molecule has 0 saturated carbocycles. The minimum absolute atomic E-state index is 1.21. The van der Waals surface area contributed by atoms with Gasteiger partial charge in [0.1, 0.15) is 0 Å². The van der Waals surface area contributed by atoms with E-state index in [0.717, 1.165) is 0 Å². The van der Waals surface area contributed by atoms with Crippen LogP contribution in [0.5, 0.6) is 0 Å². The zero-order valence-electron chi connectivity index (χ0n) is 30.8. The average Bonchev–Trinajstić information content (AvgIpc) is 3.27. The molecule has 0 aromatic heterocycles. The maximum Gasteiger partial charge on any atom is -0.00259 e. The Morgan fingerprint density at radius 3 is 1.25 bits per heavy atom. The van der Waals surface area contributed by atoms with E-state index >= 15 is 0 Å². The van der Waals surface area contributed by atoms with Crippen molar-refractivity contribution in [3.63, 3.8) is 0 Å². The molecular formula is C56H36. The fraction of sp³-hybridized carbons (Fsp3) is 0. The SMILES string of the molecule is c1cc(-c2ccc3ccccc3c2)cc(-c2c3ccccc3c(-c3cccc(-c4cccc5ccccc45)c3)c3ccc(-c4cccc5ccccc45)cc23)c1. The third-order valence-electron chi connectivity index (χ3n) is 11.6. The molecule has 0 N–H and O–H groups in total. The Morgan fingerprint density at radius 1 is 0.179 bits per heavy atom. The van der Waals surface area contributed by atoms with Crippen LogP contribution < -0.4 is 0 Å². The van der Waals surface area contributed by atoms with Crippen molar-refractivity contribution in [3.8, 4) is 55.6 Å². The molecule has 0 radical (unpaired) electrons. The van der Waals surface area contributed by atoms with E-state index in [1.807, 2.05) is 0 Å². The van der Waals surface area contributed by atoms with E-state index in [0.29, 0.717) is 0 Å². The average molecular weight is 709 g/mol. The van der Waals surface area contributed by atoms with Crippen LogP contribution in [0.25, 0.3) is 109 Å². The zero-order chi connectivity index (χ0) is 37.0. The summed E-state index contributed by atoms with van der Waals surface area (Å²) in [6.07, 6.45) is 0. The Labute approximate surface area is 326 Å². The molecule has 0 unspecified atom stereocenters. The molecule has 0 spiro atoms. The Hall–Kier alpha value is -7.28. The fourth-order valence-electron chi connectivity index (χ4n) is 8.99. The molecule has 0 heteroatoms. The lowest BCUT2D eigenvalue weighted by Crippen LogP contribution is -1.93. The van der Waals surface area contributed by atoms with Gasteiger partial charge in [0.2, 0.25) is 0 Å². The van der Waals surface area contributed by atoms with Crippen molar-refractivity contribution in [2.75, 3.05) is 0 Å². The summed E-state index contributed by atoms with van der Waals surface area (Å²) in [6.45, 7) is 0. The second-order valence-corrected chi connectivity index (χ2v) is 14.8. The second-order valence-electron chi connectivity index (χ2n) is 14.8. The van der Waals surface area contributed by atoms with Crippen molar-refractivity contribution >= 4 is 53.9 Å². The fourth-order valence-corrected chi connectivity index (χ4v) is 8.99. The summed E-state index contributed by atoms with van der Waals surface area (Å²) < 4.78 is 0. The predicted molar refractivity (Wildman–Crippen MR) is 241 cm³/mol. The lowest BCUT2D eigenvalue weighted by atomic mass is 9.83. The van der Waals surface area contributed by atoms with Gasteiger partial charge in [-0.05, 0) is 134 Å². The summed E-state index contributed by atoms with van der Waals surface area (Å²) >= 11 is 0. The van der Waals surface area contributed by atoms with Crippen LogP contribution in [0.1, 0.15) is 0 Å². The maximum atomic E-state index is 2.44. The third kappa shape index (κ3) is 5.38. The van der Waals surface area contributed by atoms with Gasteiger partial charge in [-0.15, -0.1) is 0 Å². The van der Waals surface area contributed by atoms with Gasteiger partial charge in [0, 0.05) is 0 Å². The third-order valence-corrected chi connectivity index (χ3v) is 11.6. The van der Waals surface area contributed by atoms with Crippen molar-refractivity contribution in [1.82, 2.24) is 0 Å². The summed E-state index contributed by atoms with van der Waals surface area (Å²) in [5.74, 6) is 0. The standard InChI is InChI=1S/C56H36/c1-2-16-40-33-42(30-29-37(40)13-1)41-19-9-21-45(34-41)56-52-26-8-7-25-51(52)55(46-22-10-20-43(35-46)49-27-11-17-38-14-3-5-23-47(38)49)53-32-31-44(36-54(53)56)50-28-12-18-39-15-4-6-24-48(39)50/h1-36H. The van der Waals surface area contributed by atoms with Gasteiger partial charge in [-0.3, -0.25) is 0 Å². The number of hydrogen-bond donors (Lipinski definition) is 0. The van der Waals surface area contributed by atoms with E-state index in [1.165, 1.54) is 109 Å². The van der Waals surface area contributed by atoms with Crippen LogP contribution in [0.3, 0.4) is 0 Å². The van der Waals surface area contributed by atoms with E-state index in [4.69, 9.17) is 0 Å². The Balaban J connectivity index is 1.19. The lowest BCUT2D eigenvalue weighted by Gasteiger charge is -2.20. The van der Waals surface area contributed by atoms with Gasteiger partial charge in [-0.1, -0.05) is 194 Å². The largest absolute Gasteiger partial charge is 0.0616 e. The maximum absolute atomic E-state index is 2.44. The van der Waals surface area contributed by atoms with Crippen molar-refractivity contribution in [3.05, 3.63) is 218 Å². The Kier molecular flexibility index (Phi) is 7.60. The highest BCUT2D eigenvalue weighted by molar-refractivity contribution is 6.22. The van der Waals surface area contributed by atoms with Gasteiger partial charge in [0.05, 0.1) is 0 Å². The van der Waals surface area contributed by atoms with Gasteiger partial charge in [-0.25, -0.2) is 0 Å². The molecule has 56 heavy (non-hydrogen) atoms. The van der Waals surface area contributed by atoms with E-state index in [2.05, 4.69) is 218 Å². The molecule has 0 atom stereocenters. The number of rotatable bonds is 5. The van der Waals surface area contributed by atoms with Gasteiger partial charge >= 0.3 is 0 Å². The lowest BCUT2D eigenvalue weighted by molar-refractivity contribution is 1.62. The molecule has 0 aliphatic rings. The van der Waals surface area contributed by atoms with Crippen LogP contribution in [0.4, 0.5) is 0 Å². The van der Waals surface area contributed by atoms with Crippen LogP contribution in [0.2, 0.25) is 0 Å². The van der Waals surface area contributed by atoms with Crippen LogP contribution in [-0.2, 0) is 0 Å². The molecule has 0 bridgehead atoms. The summed E-state index contributed by atoms with van der Waals surface area (Å²) in [4.78, 5) is 0. The highest BCUT2D eigenvalue weighted by Gasteiger charge is 2.19. The van der Waals surface area contributed by atoms with E-state index in [-0.39, 0.29) is 0 Å². The molecule has 0 nitrogen and oxygen atoms in total. The monoisotopic (exact) mass is 708 g/mol. The second kappa shape index (κ2) is 13.2. The van der Waals surface area contributed by atoms with Crippen LogP contribution in [-0.4, -0.2) is 0 Å². The van der Waals surface area contributed by atoms with Crippen molar-refractivity contribution in [2.24, 2.45) is 0 Å². The minimum Gasteiger partial charge on any atom is -0.0616 e. The van der Waals surface area contributed by atoms with Crippen LogP contribution in [0, 0.1) is 0 Å². The van der Waals surface area contributed by atoms with Gasteiger partial charge in [0.25, 0.3) is 0 Å². The highest BCUT2D eigenvalue weighted by Crippen LogP contribution is 2.46. The van der Waals surface area contributed by atoms with Gasteiger partial charge in [-0.2, -0.15) is 0 Å². The summed E-state index contributed by atoms with van der Waals surface area (Å²) in [7, 11) is 0. The molecule has 11 rings (SSSR count). The molecule has 260 valence electrons. The zero-order valence-corrected chi connectivity index (χ0v) is 30.8. The summed E-state index contributed by atoms with van der Waals surface area (Å²) in [6, 6.07) is 80.5. The molecule has 0 saturated heterocycles. The molecule has 0 fully saturated rings. The molecule has 0 aliphatic heterocycles. The van der Waals surface area contributed by atoms with Gasteiger partial charge < -0.3 is 0 Å². The quantitative estimate of drug-likeness (QED) is 0.156. The first-order chi connectivity index (χ1) is 27.8. The van der Waals surface area contributed by atoms with E-state index < -0.39 is 0 Å². The van der Waals surface area contributed by atoms with Crippen LogP contribution in [0.15, 0.2) is 218 Å². The van der Waals surface area contributed by atoms with Crippen molar-refractivity contribution in [2.45, 2.75) is 0 Å². The topological polar surface area (TPSA) is 0 Å². The number of hydrogen-bond acceptors (Lipinski definition) is 0. The Bertz CT molecular complexity index is 3300. The molecular weight excluding hydrogens is 673 g/mol. The predicted octanol–water partition coefficient (Wildman–Crippen LogP) is 15.8. The Morgan fingerprint density at radius 2 is 0.589 bits per heavy atom. The summed E-state index contributed by atoms with van der Waals surface area (Å²) in [5, 5.41) is 12.5. The molecule has 0 amide bonds. The number of benzene rings is 11. The number of fused-ring (bicyclic) bond motifs is 5. The summed E-state index contributed by atoms with van der Waals surface area (Å²) in [5.41, 5.74) is 12.3. The molecule has 0 heterocycles. The highest BCUT2D eigenvalue weighted by atomic mass is 14.2. The molecule has 0 aliphatic carbocycles. The smallest absolute Gasteiger partial charge is 0.00259 e. The van der Waals surface area contributed by atoms with Crippen LogP contribution >= 0.6 is 0 Å². The van der Waals surface area contributed by atoms with E-state index in [1.54, 1.807) is 0 Å². The first-order valence-electron chi connectivity index (χ1n) is 19.4. The first-order valence-corrected chi connectivity index (χ1v) is 19.4. The molecule has 11 aromatic carbocycles. The first kappa shape index (κ1) is 32.2.